The number of likely N-dealkylation sites (tertiary alicyclic amines) is 1. The lowest BCUT2D eigenvalue weighted by atomic mass is 9.81. The summed E-state index contributed by atoms with van der Waals surface area (Å²) in [4.78, 5) is 18.5. The molecular weight excluding hydrogens is 390 g/mol. The molecule has 0 aromatic heterocycles. The molecule has 0 bridgehead atoms. The van der Waals surface area contributed by atoms with Crippen LogP contribution in [0.1, 0.15) is 51.0 Å². The minimum atomic E-state index is -0.601. The van der Waals surface area contributed by atoms with Gasteiger partial charge in [-0.1, -0.05) is 17.7 Å². The molecule has 3 aliphatic rings. The van der Waals surface area contributed by atoms with Gasteiger partial charge >= 0.3 is 0 Å². The third kappa shape index (κ3) is 5.24. The Kier molecular flexibility index (Phi) is 6.61. The number of ether oxygens (including phenoxy) is 1. The van der Waals surface area contributed by atoms with Crippen molar-refractivity contribution in [3.8, 4) is 0 Å². The van der Waals surface area contributed by atoms with E-state index in [1.54, 1.807) is 6.92 Å². The second kappa shape index (κ2) is 9.08. The second-order valence-corrected chi connectivity index (χ2v) is 10.1. The molecule has 31 heavy (non-hydrogen) atoms. The maximum Gasteiger partial charge on any atom is 0.219 e. The van der Waals surface area contributed by atoms with Gasteiger partial charge in [-0.05, 0) is 57.6 Å². The van der Waals surface area contributed by atoms with Crippen molar-refractivity contribution in [2.24, 2.45) is 0 Å². The van der Waals surface area contributed by atoms with Crippen molar-refractivity contribution in [1.82, 2.24) is 9.80 Å². The number of carbonyl (C=O) groups is 1. The van der Waals surface area contributed by atoms with E-state index in [1.165, 1.54) is 11.3 Å². The number of aryl methyl sites for hydroxylation is 1. The van der Waals surface area contributed by atoms with Gasteiger partial charge in [0.05, 0.1) is 11.2 Å². The Labute approximate surface area is 187 Å². The van der Waals surface area contributed by atoms with Crippen LogP contribution in [0.3, 0.4) is 0 Å². The topological polar surface area (TPSA) is 56.3 Å². The van der Waals surface area contributed by atoms with E-state index in [1.807, 2.05) is 11.9 Å². The van der Waals surface area contributed by atoms with Crippen LogP contribution >= 0.6 is 0 Å². The van der Waals surface area contributed by atoms with Crippen molar-refractivity contribution in [3.05, 3.63) is 29.8 Å². The normalized spacial score (nSPS) is 26.1. The highest BCUT2D eigenvalue weighted by Gasteiger charge is 2.43. The predicted molar refractivity (Wildman–Crippen MR) is 123 cm³/mol. The molecule has 0 radical (unpaired) electrons. The molecule has 3 aliphatic heterocycles. The van der Waals surface area contributed by atoms with Crippen LogP contribution < -0.4 is 4.90 Å². The molecule has 6 nitrogen and oxygen atoms in total. The van der Waals surface area contributed by atoms with E-state index in [9.17, 15) is 9.90 Å². The largest absolute Gasteiger partial charge is 0.388 e. The Morgan fingerprint density at radius 2 is 1.77 bits per heavy atom. The summed E-state index contributed by atoms with van der Waals surface area (Å²) in [6.45, 7) is 8.97. The first-order chi connectivity index (χ1) is 14.8. The lowest BCUT2D eigenvalue weighted by molar-refractivity contribution is -0.149. The number of piperidine rings is 2. The monoisotopic (exact) mass is 429 g/mol. The Balaban J connectivity index is 1.27. The minimum absolute atomic E-state index is 0.0967. The SMILES string of the molecule is CC(=O)N(C)C1CCOC2(CCN(CC3(O)CCN(c4ccc(C)cc4)CC3)CC2)C1. The number of anilines is 1. The maximum atomic E-state index is 11.8. The highest BCUT2D eigenvalue weighted by molar-refractivity contribution is 5.73. The van der Waals surface area contributed by atoms with Crippen molar-refractivity contribution in [2.45, 2.75) is 69.6 Å². The Morgan fingerprint density at radius 1 is 1.13 bits per heavy atom. The molecule has 172 valence electrons. The fraction of sp³-hybridized carbons (Fsp3) is 0.720. The zero-order chi connectivity index (χ0) is 22.1. The average molecular weight is 430 g/mol. The van der Waals surface area contributed by atoms with E-state index in [4.69, 9.17) is 4.74 Å². The molecule has 1 spiro atoms. The molecule has 1 aromatic rings. The number of nitrogens with zero attached hydrogens (tertiary/aromatic N) is 3. The van der Waals surface area contributed by atoms with Gasteiger partial charge in [-0.2, -0.15) is 0 Å². The zero-order valence-corrected chi connectivity index (χ0v) is 19.5. The number of carbonyl (C=O) groups excluding carboxylic acids is 1. The Hall–Kier alpha value is -1.63. The average Bonchev–Trinajstić information content (AvgIpc) is 2.76. The summed E-state index contributed by atoms with van der Waals surface area (Å²) in [5.74, 6) is 0.138. The summed E-state index contributed by atoms with van der Waals surface area (Å²) < 4.78 is 6.27. The van der Waals surface area contributed by atoms with Gasteiger partial charge in [0.15, 0.2) is 0 Å². The van der Waals surface area contributed by atoms with E-state index in [0.717, 1.165) is 77.9 Å². The third-order valence-corrected chi connectivity index (χ3v) is 7.89. The van der Waals surface area contributed by atoms with Gasteiger partial charge in [0.1, 0.15) is 0 Å². The molecule has 3 fully saturated rings. The zero-order valence-electron chi connectivity index (χ0n) is 19.5. The molecule has 3 saturated heterocycles. The molecular formula is C25H39N3O3. The number of hydrogen-bond donors (Lipinski definition) is 1. The molecule has 0 aliphatic carbocycles. The van der Waals surface area contributed by atoms with Crippen LogP contribution in [0.25, 0.3) is 0 Å². The van der Waals surface area contributed by atoms with Crippen LogP contribution in [-0.4, -0.2) is 84.4 Å². The fourth-order valence-corrected chi connectivity index (χ4v) is 5.57. The predicted octanol–water partition coefficient (Wildman–Crippen LogP) is 2.82. The van der Waals surface area contributed by atoms with Crippen LogP contribution in [0.15, 0.2) is 24.3 Å². The molecule has 1 unspecified atom stereocenters. The van der Waals surface area contributed by atoms with Crippen molar-refractivity contribution in [2.75, 3.05) is 51.3 Å². The number of aliphatic hydroxyl groups is 1. The minimum Gasteiger partial charge on any atom is -0.388 e. The number of rotatable bonds is 4. The lowest BCUT2D eigenvalue weighted by Crippen LogP contribution is -2.57. The summed E-state index contributed by atoms with van der Waals surface area (Å²) in [6, 6.07) is 8.97. The van der Waals surface area contributed by atoms with E-state index >= 15 is 0 Å². The second-order valence-electron chi connectivity index (χ2n) is 10.1. The third-order valence-electron chi connectivity index (χ3n) is 7.89. The van der Waals surface area contributed by atoms with Crippen molar-refractivity contribution >= 4 is 11.6 Å². The highest BCUT2D eigenvalue weighted by Crippen LogP contribution is 2.37. The first kappa shape index (κ1) is 22.6. The van der Waals surface area contributed by atoms with Crippen LogP contribution in [0.2, 0.25) is 0 Å². The number of hydrogen-bond acceptors (Lipinski definition) is 5. The molecule has 1 N–H and O–H groups in total. The van der Waals surface area contributed by atoms with Gasteiger partial charge in [-0.25, -0.2) is 0 Å². The quantitative estimate of drug-likeness (QED) is 0.798. The fourth-order valence-electron chi connectivity index (χ4n) is 5.57. The summed E-state index contributed by atoms with van der Waals surface area (Å²) in [7, 11) is 1.92. The maximum absolute atomic E-state index is 11.8. The molecule has 4 rings (SSSR count). The summed E-state index contributed by atoms with van der Waals surface area (Å²) in [5.41, 5.74) is 1.84. The van der Waals surface area contributed by atoms with Crippen molar-refractivity contribution in [1.29, 1.82) is 0 Å². The van der Waals surface area contributed by atoms with Crippen LogP contribution in [0.4, 0.5) is 5.69 Å². The molecule has 1 aromatic carbocycles. The van der Waals surface area contributed by atoms with E-state index in [0.29, 0.717) is 0 Å². The first-order valence-corrected chi connectivity index (χ1v) is 11.9. The van der Waals surface area contributed by atoms with Gasteiger partial charge in [-0.3, -0.25) is 4.79 Å². The lowest BCUT2D eigenvalue weighted by Gasteiger charge is -2.49. The van der Waals surface area contributed by atoms with Gasteiger partial charge in [0.2, 0.25) is 5.91 Å². The first-order valence-electron chi connectivity index (χ1n) is 11.9. The summed E-state index contributed by atoms with van der Waals surface area (Å²) >= 11 is 0. The van der Waals surface area contributed by atoms with Crippen LogP contribution in [-0.2, 0) is 9.53 Å². The molecule has 1 amide bonds. The molecule has 0 saturated carbocycles. The van der Waals surface area contributed by atoms with Gasteiger partial charge in [0.25, 0.3) is 0 Å². The highest BCUT2D eigenvalue weighted by atomic mass is 16.5. The molecule has 1 atom stereocenters. The van der Waals surface area contributed by atoms with Gasteiger partial charge in [0, 0.05) is 65.0 Å². The standard InChI is InChI=1S/C25H39N3O3/c1-20-4-6-22(7-5-20)28-15-9-24(30,10-16-28)19-27-13-11-25(12-14-27)18-23(8-17-31-25)26(3)21(2)29/h4-7,23,30H,8-19H2,1-3H3. The Morgan fingerprint density at radius 3 is 2.39 bits per heavy atom. The molecule has 3 heterocycles. The Bertz CT molecular complexity index is 750. The van der Waals surface area contributed by atoms with Crippen molar-refractivity contribution < 1.29 is 14.6 Å². The summed E-state index contributed by atoms with van der Waals surface area (Å²) in [5, 5.41) is 11.3. The van der Waals surface area contributed by atoms with E-state index in [-0.39, 0.29) is 17.6 Å². The number of benzene rings is 1. The van der Waals surface area contributed by atoms with Crippen LogP contribution in [0, 0.1) is 6.92 Å². The van der Waals surface area contributed by atoms with E-state index in [2.05, 4.69) is 41.0 Å². The van der Waals surface area contributed by atoms with Crippen LogP contribution in [0.5, 0.6) is 0 Å². The summed E-state index contributed by atoms with van der Waals surface area (Å²) in [6.07, 6.45) is 5.46. The molecule has 6 heteroatoms. The smallest absolute Gasteiger partial charge is 0.219 e. The van der Waals surface area contributed by atoms with Gasteiger partial charge < -0.3 is 24.5 Å². The number of β-amino-alcohol motifs (C(OH)–C–C–N with tert-alkyl or cyclic N) is 1. The number of amides is 1. The van der Waals surface area contributed by atoms with Gasteiger partial charge in [-0.15, -0.1) is 0 Å². The van der Waals surface area contributed by atoms with Crippen molar-refractivity contribution in [3.63, 3.8) is 0 Å². The van der Waals surface area contributed by atoms with E-state index < -0.39 is 5.60 Å².